The summed E-state index contributed by atoms with van der Waals surface area (Å²) in [5, 5.41) is 0. The van der Waals surface area contributed by atoms with Crippen molar-refractivity contribution < 1.29 is 14.0 Å². The number of unbranched alkanes of at least 4 members (excludes halogenated alkanes) is 12. The zero-order chi connectivity index (χ0) is 19.0. The van der Waals surface area contributed by atoms with Gasteiger partial charge in [0.15, 0.2) is 0 Å². The summed E-state index contributed by atoms with van der Waals surface area (Å²) in [6.45, 7) is 8.74. The number of hydrogen-bond acceptors (Lipinski definition) is 2. The standard InChI is InChI=1S/C22H44NO2/c1-6-8-9-10-11-12-13-14-15-16-17-18-19-20-23(4,5)21(3)25-22(24)7-2/h7,21H,2,6,8-20H2,1,3-5H3/q+1. The first kappa shape index (κ1) is 24.2. The van der Waals surface area contributed by atoms with Crippen LogP contribution < -0.4 is 0 Å². The van der Waals surface area contributed by atoms with Crippen LogP contribution in [-0.4, -0.2) is 37.3 Å². The molecule has 0 spiro atoms. The van der Waals surface area contributed by atoms with Crippen LogP contribution in [0.25, 0.3) is 0 Å². The van der Waals surface area contributed by atoms with Gasteiger partial charge < -0.3 is 4.74 Å². The third kappa shape index (κ3) is 14.1. The third-order valence-electron chi connectivity index (χ3n) is 5.28. The van der Waals surface area contributed by atoms with Gasteiger partial charge in [0.1, 0.15) is 0 Å². The molecule has 3 nitrogen and oxygen atoms in total. The number of esters is 1. The van der Waals surface area contributed by atoms with Gasteiger partial charge in [0.25, 0.3) is 0 Å². The minimum atomic E-state index is -0.330. The molecule has 0 aromatic carbocycles. The Morgan fingerprint density at radius 3 is 1.68 bits per heavy atom. The lowest BCUT2D eigenvalue weighted by Crippen LogP contribution is -2.49. The van der Waals surface area contributed by atoms with Crippen LogP contribution in [0.2, 0.25) is 0 Å². The molecule has 0 aromatic heterocycles. The quantitative estimate of drug-likeness (QED) is 0.102. The van der Waals surface area contributed by atoms with E-state index in [4.69, 9.17) is 4.74 Å². The summed E-state index contributed by atoms with van der Waals surface area (Å²) in [6.07, 6.45) is 19.0. The summed E-state index contributed by atoms with van der Waals surface area (Å²) < 4.78 is 6.06. The van der Waals surface area contributed by atoms with Gasteiger partial charge in [-0.15, -0.1) is 0 Å². The van der Waals surface area contributed by atoms with Crippen molar-refractivity contribution >= 4 is 5.97 Å². The SMILES string of the molecule is C=CC(=O)OC(C)[N+](C)(C)CCCCCCCCCCCCCCC. The van der Waals surface area contributed by atoms with Crippen molar-refractivity contribution in [1.29, 1.82) is 0 Å². The Morgan fingerprint density at radius 1 is 0.880 bits per heavy atom. The number of carbonyl (C=O) groups excluding carboxylic acids is 1. The van der Waals surface area contributed by atoms with E-state index in [2.05, 4.69) is 27.6 Å². The second-order valence-electron chi connectivity index (χ2n) is 7.99. The Morgan fingerprint density at radius 2 is 1.28 bits per heavy atom. The van der Waals surface area contributed by atoms with Gasteiger partial charge in [-0.25, -0.2) is 4.79 Å². The van der Waals surface area contributed by atoms with Crippen LogP contribution in [0.4, 0.5) is 0 Å². The molecular formula is C22H44NO2+. The fraction of sp³-hybridized carbons (Fsp3) is 0.864. The highest BCUT2D eigenvalue weighted by atomic mass is 16.6. The highest BCUT2D eigenvalue weighted by molar-refractivity contribution is 5.81. The Labute approximate surface area is 157 Å². The summed E-state index contributed by atoms with van der Waals surface area (Å²) in [4.78, 5) is 11.3. The fourth-order valence-corrected chi connectivity index (χ4v) is 3.08. The zero-order valence-corrected chi connectivity index (χ0v) is 17.5. The molecule has 0 aliphatic rings. The van der Waals surface area contributed by atoms with Gasteiger partial charge in [-0.2, -0.15) is 0 Å². The second-order valence-corrected chi connectivity index (χ2v) is 7.99. The summed E-state index contributed by atoms with van der Waals surface area (Å²) in [5.74, 6) is -0.330. The van der Waals surface area contributed by atoms with E-state index in [-0.39, 0.29) is 12.2 Å². The Hall–Kier alpha value is -0.830. The number of nitrogens with zero attached hydrogens (tertiary/aromatic N) is 1. The van der Waals surface area contributed by atoms with Crippen molar-refractivity contribution in [2.75, 3.05) is 20.6 Å². The maximum Gasteiger partial charge on any atom is 0.334 e. The first-order valence-corrected chi connectivity index (χ1v) is 10.6. The largest absolute Gasteiger partial charge is 0.410 e. The van der Waals surface area contributed by atoms with Gasteiger partial charge in [-0.05, 0) is 12.8 Å². The molecule has 25 heavy (non-hydrogen) atoms. The number of ether oxygens (including phenoxy) is 1. The molecule has 0 radical (unpaired) electrons. The van der Waals surface area contributed by atoms with Gasteiger partial charge >= 0.3 is 5.97 Å². The molecule has 0 bridgehead atoms. The average molecular weight is 355 g/mol. The zero-order valence-electron chi connectivity index (χ0n) is 17.5. The molecule has 0 aromatic rings. The maximum atomic E-state index is 11.3. The molecule has 0 saturated carbocycles. The summed E-state index contributed by atoms with van der Waals surface area (Å²) in [5.41, 5.74) is 0. The molecule has 0 saturated heterocycles. The molecule has 0 fully saturated rings. The number of carbonyl (C=O) groups is 1. The predicted molar refractivity (Wildman–Crippen MR) is 108 cm³/mol. The lowest BCUT2D eigenvalue weighted by atomic mass is 10.0. The highest BCUT2D eigenvalue weighted by Crippen LogP contribution is 2.15. The van der Waals surface area contributed by atoms with E-state index in [1.54, 1.807) is 0 Å². The van der Waals surface area contributed by atoms with E-state index in [1.807, 2.05) is 6.92 Å². The molecule has 0 aliphatic carbocycles. The molecule has 0 N–H and O–H groups in total. The molecular weight excluding hydrogens is 310 g/mol. The van der Waals surface area contributed by atoms with E-state index < -0.39 is 0 Å². The normalized spacial score (nSPS) is 12.8. The molecule has 3 heteroatoms. The molecule has 1 unspecified atom stereocenters. The number of quaternary nitrogens is 1. The fourth-order valence-electron chi connectivity index (χ4n) is 3.08. The Kier molecular flexibility index (Phi) is 14.9. The first-order chi connectivity index (χ1) is 11.9. The molecule has 1 atom stereocenters. The second kappa shape index (κ2) is 15.4. The van der Waals surface area contributed by atoms with Crippen LogP contribution in [0.15, 0.2) is 12.7 Å². The van der Waals surface area contributed by atoms with Gasteiger partial charge in [0.2, 0.25) is 6.23 Å². The summed E-state index contributed by atoms with van der Waals surface area (Å²) in [7, 11) is 4.25. The molecule has 0 aliphatic heterocycles. The van der Waals surface area contributed by atoms with Crippen LogP contribution in [0.3, 0.4) is 0 Å². The van der Waals surface area contributed by atoms with E-state index in [9.17, 15) is 4.79 Å². The Bertz CT molecular complexity index is 339. The van der Waals surface area contributed by atoms with Crippen molar-refractivity contribution in [2.24, 2.45) is 0 Å². The highest BCUT2D eigenvalue weighted by Gasteiger charge is 2.25. The van der Waals surface area contributed by atoms with Crippen molar-refractivity contribution in [3.05, 3.63) is 12.7 Å². The Balaban J connectivity index is 3.47. The van der Waals surface area contributed by atoms with Crippen LogP contribution >= 0.6 is 0 Å². The topological polar surface area (TPSA) is 26.3 Å². The molecule has 0 rings (SSSR count). The summed E-state index contributed by atoms with van der Waals surface area (Å²) in [6, 6.07) is 0. The van der Waals surface area contributed by atoms with E-state index in [0.717, 1.165) is 11.0 Å². The predicted octanol–water partition coefficient (Wildman–Crippen LogP) is 6.23. The molecule has 148 valence electrons. The van der Waals surface area contributed by atoms with Crippen LogP contribution in [0.1, 0.15) is 97.3 Å². The van der Waals surface area contributed by atoms with Gasteiger partial charge in [-0.1, -0.05) is 84.1 Å². The van der Waals surface area contributed by atoms with E-state index in [0.29, 0.717) is 0 Å². The van der Waals surface area contributed by atoms with Crippen LogP contribution in [0.5, 0.6) is 0 Å². The minimum absolute atomic E-state index is 0.122. The number of hydrogen-bond donors (Lipinski definition) is 0. The van der Waals surface area contributed by atoms with E-state index >= 15 is 0 Å². The lowest BCUT2D eigenvalue weighted by molar-refractivity contribution is -0.932. The van der Waals surface area contributed by atoms with Gasteiger partial charge in [0, 0.05) is 13.0 Å². The maximum absolute atomic E-state index is 11.3. The van der Waals surface area contributed by atoms with Crippen LogP contribution in [-0.2, 0) is 9.53 Å². The van der Waals surface area contributed by atoms with Gasteiger partial charge in [-0.3, -0.25) is 4.48 Å². The number of rotatable bonds is 17. The first-order valence-electron chi connectivity index (χ1n) is 10.6. The van der Waals surface area contributed by atoms with Crippen LogP contribution in [0, 0.1) is 0 Å². The average Bonchev–Trinajstić information content (AvgIpc) is 2.58. The van der Waals surface area contributed by atoms with Crippen molar-refractivity contribution in [3.8, 4) is 0 Å². The third-order valence-corrected chi connectivity index (χ3v) is 5.28. The minimum Gasteiger partial charge on any atom is -0.410 e. The van der Waals surface area contributed by atoms with Crippen molar-refractivity contribution in [3.63, 3.8) is 0 Å². The van der Waals surface area contributed by atoms with Gasteiger partial charge in [0.05, 0.1) is 20.6 Å². The lowest BCUT2D eigenvalue weighted by Gasteiger charge is -2.34. The smallest absolute Gasteiger partial charge is 0.334 e. The summed E-state index contributed by atoms with van der Waals surface area (Å²) >= 11 is 0. The van der Waals surface area contributed by atoms with E-state index in [1.165, 1.54) is 89.5 Å². The van der Waals surface area contributed by atoms with Crippen molar-refractivity contribution in [1.82, 2.24) is 0 Å². The molecule has 0 amide bonds. The monoisotopic (exact) mass is 354 g/mol. The molecule has 0 heterocycles. The van der Waals surface area contributed by atoms with Crippen molar-refractivity contribution in [2.45, 2.75) is 104 Å².